The van der Waals surface area contributed by atoms with Gasteiger partial charge in [0.15, 0.2) is 5.11 Å². The molecule has 1 aromatic carbocycles. The minimum Gasteiger partial charge on any atom is -0.492 e. The number of hydrogen-bond acceptors (Lipinski definition) is 3. The van der Waals surface area contributed by atoms with Crippen molar-refractivity contribution in [1.82, 2.24) is 15.1 Å². The highest BCUT2D eigenvalue weighted by Gasteiger charge is 2.17. The Balaban J connectivity index is 1.66. The van der Waals surface area contributed by atoms with Crippen LogP contribution >= 0.6 is 23.8 Å². The Labute approximate surface area is 130 Å². The molecule has 1 aliphatic rings. The van der Waals surface area contributed by atoms with Crippen molar-refractivity contribution in [3.63, 3.8) is 0 Å². The van der Waals surface area contributed by atoms with Gasteiger partial charge < -0.3 is 15.0 Å². The van der Waals surface area contributed by atoms with Crippen LogP contribution in [-0.4, -0.2) is 61.3 Å². The van der Waals surface area contributed by atoms with Gasteiger partial charge in [-0.15, -0.1) is 0 Å². The van der Waals surface area contributed by atoms with E-state index in [1.54, 1.807) is 0 Å². The molecule has 1 heterocycles. The highest BCUT2D eigenvalue weighted by molar-refractivity contribution is 7.80. The molecule has 1 aliphatic heterocycles. The summed E-state index contributed by atoms with van der Waals surface area (Å²) in [6.07, 6.45) is 0. The summed E-state index contributed by atoms with van der Waals surface area (Å²) in [6.45, 7) is 5.61. The Bertz CT molecular complexity index is 433. The number of benzene rings is 1. The molecule has 1 aromatic rings. The van der Waals surface area contributed by atoms with E-state index in [0.29, 0.717) is 6.61 Å². The van der Waals surface area contributed by atoms with Gasteiger partial charge in [0.1, 0.15) is 12.4 Å². The summed E-state index contributed by atoms with van der Waals surface area (Å²) in [7, 11) is 1.87. The van der Waals surface area contributed by atoms with Crippen LogP contribution in [0.15, 0.2) is 24.3 Å². The van der Waals surface area contributed by atoms with Crippen LogP contribution in [-0.2, 0) is 0 Å². The van der Waals surface area contributed by atoms with Crippen molar-refractivity contribution in [3.05, 3.63) is 29.3 Å². The standard InChI is InChI=1S/C14H20ClN3OS/c1-16-14(20)18-8-6-17(7-9-18)10-11-19-13-4-2-12(15)3-5-13/h2-5H,6-11H2,1H3,(H,16,20). The molecule has 0 aromatic heterocycles. The molecule has 0 atom stereocenters. The SMILES string of the molecule is CNC(=S)N1CCN(CCOc2ccc(Cl)cc2)CC1. The van der Waals surface area contributed by atoms with Gasteiger partial charge in [-0.2, -0.15) is 0 Å². The average molecular weight is 314 g/mol. The lowest BCUT2D eigenvalue weighted by atomic mass is 10.3. The second-order valence-electron chi connectivity index (χ2n) is 4.69. The lowest BCUT2D eigenvalue weighted by molar-refractivity contribution is 0.154. The zero-order valence-electron chi connectivity index (χ0n) is 11.6. The maximum Gasteiger partial charge on any atom is 0.168 e. The van der Waals surface area contributed by atoms with Gasteiger partial charge in [0.25, 0.3) is 0 Å². The molecule has 0 unspecified atom stereocenters. The summed E-state index contributed by atoms with van der Waals surface area (Å²) in [6, 6.07) is 7.47. The number of nitrogens with zero attached hydrogens (tertiary/aromatic N) is 2. The van der Waals surface area contributed by atoms with Crippen LogP contribution in [0.3, 0.4) is 0 Å². The van der Waals surface area contributed by atoms with Gasteiger partial charge in [0.2, 0.25) is 0 Å². The van der Waals surface area contributed by atoms with Crippen molar-refractivity contribution in [3.8, 4) is 5.75 Å². The van der Waals surface area contributed by atoms with Crippen molar-refractivity contribution in [1.29, 1.82) is 0 Å². The van der Waals surface area contributed by atoms with Crippen LogP contribution in [0.2, 0.25) is 5.02 Å². The van der Waals surface area contributed by atoms with Gasteiger partial charge >= 0.3 is 0 Å². The van der Waals surface area contributed by atoms with Gasteiger partial charge in [-0.3, -0.25) is 4.90 Å². The fourth-order valence-electron chi connectivity index (χ4n) is 2.16. The van der Waals surface area contributed by atoms with Crippen LogP contribution in [0, 0.1) is 0 Å². The van der Waals surface area contributed by atoms with Gasteiger partial charge in [-0.1, -0.05) is 11.6 Å². The number of thiocarbonyl (C=S) groups is 1. The first-order valence-electron chi connectivity index (χ1n) is 6.76. The molecule has 110 valence electrons. The third-order valence-electron chi connectivity index (χ3n) is 3.36. The van der Waals surface area contributed by atoms with Crippen LogP contribution in [0.4, 0.5) is 0 Å². The van der Waals surface area contributed by atoms with E-state index in [9.17, 15) is 0 Å². The van der Waals surface area contributed by atoms with E-state index >= 15 is 0 Å². The van der Waals surface area contributed by atoms with Gasteiger partial charge in [-0.25, -0.2) is 0 Å². The topological polar surface area (TPSA) is 27.7 Å². The lowest BCUT2D eigenvalue weighted by Crippen LogP contribution is -2.51. The third kappa shape index (κ3) is 4.51. The molecule has 1 N–H and O–H groups in total. The highest BCUT2D eigenvalue weighted by atomic mass is 35.5. The predicted octanol–water partition coefficient (Wildman–Crippen LogP) is 1.84. The molecule has 1 saturated heterocycles. The van der Waals surface area contributed by atoms with Gasteiger partial charge in [-0.05, 0) is 36.5 Å². The van der Waals surface area contributed by atoms with Gasteiger partial charge in [0.05, 0.1) is 0 Å². The molecule has 0 aliphatic carbocycles. The van der Waals surface area contributed by atoms with Crippen molar-refractivity contribution >= 4 is 28.9 Å². The highest BCUT2D eigenvalue weighted by Crippen LogP contribution is 2.15. The normalized spacial score (nSPS) is 16.0. The number of ether oxygens (including phenoxy) is 1. The molecule has 4 nitrogen and oxygen atoms in total. The molecule has 1 fully saturated rings. The Morgan fingerprint density at radius 3 is 2.50 bits per heavy atom. The first kappa shape index (κ1) is 15.4. The second kappa shape index (κ2) is 7.67. The molecular formula is C14H20ClN3OS. The molecule has 20 heavy (non-hydrogen) atoms. The van der Waals surface area contributed by atoms with Crippen LogP contribution in [0.25, 0.3) is 0 Å². The fraction of sp³-hybridized carbons (Fsp3) is 0.500. The van der Waals surface area contributed by atoms with Crippen molar-refractivity contribution in [2.24, 2.45) is 0 Å². The van der Waals surface area contributed by atoms with Crippen molar-refractivity contribution in [2.75, 3.05) is 46.4 Å². The quantitative estimate of drug-likeness (QED) is 0.856. The minimum atomic E-state index is 0.693. The second-order valence-corrected chi connectivity index (χ2v) is 5.51. The Kier molecular flexibility index (Phi) is 5.88. The third-order valence-corrected chi connectivity index (χ3v) is 4.08. The fourth-order valence-corrected chi connectivity index (χ4v) is 2.46. The number of rotatable bonds is 4. The summed E-state index contributed by atoms with van der Waals surface area (Å²) in [5.74, 6) is 0.865. The van der Waals surface area contributed by atoms with Gasteiger partial charge in [0, 0.05) is 44.8 Å². The van der Waals surface area contributed by atoms with E-state index in [4.69, 9.17) is 28.6 Å². The summed E-state index contributed by atoms with van der Waals surface area (Å²) < 4.78 is 5.71. The molecule has 0 radical (unpaired) electrons. The average Bonchev–Trinajstić information content (AvgIpc) is 2.49. The van der Waals surface area contributed by atoms with E-state index in [0.717, 1.165) is 48.6 Å². The Morgan fingerprint density at radius 2 is 1.90 bits per heavy atom. The molecule has 0 amide bonds. The monoisotopic (exact) mass is 313 g/mol. The molecule has 0 saturated carbocycles. The van der Waals surface area contributed by atoms with E-state index in [2.05, 4.69) is 15.1 Å². The molecule has 0 bridgehead atoms. The van der Waals surface area contributed by atoms with Crippen LogP contribution in [0.1, 0.15) is 0 Å². The van der Waals surface area contributed by atoms with E-state index in [1.807, 2.05) is 31.3 Å². The molecule has 6 heteroatoms. The lowest BCUT2D eigenvalue weighted by Gasteiger charge is -2.35. The molecule has 0 spiro atoms. The van der Waals surface area contributed by atoms with Crippen molar-refractivity contribution < 1.29 is 4.74 Å². The van der Waals surface area contributed by atoms with E-state index in [1.165, 1.54) is 0 Å². The number of piperazine rings is 1. The maximum absolute atomic E-state index is 5.83. The van der Waals surface area contributed by atoms with Crippen LogP contribution in [0.5, 0.6) is 5.75 Å². The number of nitrogens with one attached hydrogen (secondary N) is 1. The van der Waals surface area contributed by atoms with Crippen LogP contribution < -0.4 is 10.1 Å². The van der Waals surface area contributed by atoms with E-state index in [-0.39, 0.29) is 0 Å². The zero-order valence-corrected chi connectivity index (χ0v) is 13.2. The Morgan fingerprint density at radius 1 is 1.25 bits per heavy atom. The summed E-state index contributed by atoms with van der Waals surface area (Å²) in [5.41, 5.74) is 0. The predicted molar refractivity (Wildman–Crippen MR) is 86.6 cm³/mol. The summed E-state index contributed by atoms with van der Waals surface area (Å²) >= 11 is 11.1. The largest absolute Gasteiger partial charge is 0.492 e. The first-order valence-corrected chi connectivity index (χ1v) is 7.55. The summed E-state index contributed by atoms with van der Waals surface area (Å²) in [4.78, 5) is 4.59. The minimum absolute atomic E-state index is 0.693. The first-order chi connectivity index (χ1) is 9.69. The number of halogens is 1. The summed E-state index contributed by atoms with van der Waals surface area (Å²) in [5, 5.41) is 4.59. The maximum atomic E-state index is 5.83. The number of hydrogen-bond donors (Lipinski definition) is 1. The smallest absolute Gasteiger partial charge is 0.168 e. The molecular weight excluding hydrogens is 294 g/mol. The van der Waals surface area contributed by atoms with E-state index < -0.39 is 0 Å². The molecule has 2 rings (SSSR count). The van der Waals surface area contributed by atoms with Crippen molar-refractivity contribution in [2.45, 2.75) is 0 Å². The Hall–Kier alpha value is -1.04. The zero-order chi connectivity index (χ0) is 14.4.